The van der Waals surface area contributed by atoms with Crippen LogP contribution in [0.25, 0.3) is 0 Å². The van der Waals surface area contributed by atoms with Crippen molar-refractivity contribution in [2.75, 3.05) is 29.3 Å². The number of carbonyl (C=O) groups excluding carboxylic acids is 1. The molecule has 1 fully saturated rings. The molecule has 196 valence electrons. The van der Waals surface area contributed by atoms with Gasteiger partial charge >= 0.3 is 0 Å². The Bertz CT molecular complexity index is 1470. The highest BCUT2D eigenvalue weighted by atomic mass is 35.5. The summed E-state index contributed by atoms with van der Waals surface area (Å²) in [6.07, 6.45) is 2.69. The molecule has 1 aliphatic heterocycles. The quantitative estimate of drug-likeness (QED) is 0.431. The predicted octanol–water partition coefficient (Wildman–Crippen LogP) is 4.66. The number of nitrogens with one attached hydrogen (secondary N) is 1. The fraction of sp³-hybridized carbons (Fsp3) is 0.269. The third-order valence-corrected chi connectivity index (χ3v) is 10.3. The van der Waals surface area contributed by atoms with Crippen molar-refractivity contribution in [1.82, 2.24) is 4.31 Å². The van der Waals surface area contributed by atoms with Crippen molar-refractivity contribution in [3.05, 3.63) is 83.4 Å². The molecule has 1 saturated heterocycles. The third-order valence-electron chi connectivity index (χ3n) is 6.22. The summed E-state index contributed by atoms with van der Waals surface area (Å²) in [7, 11) is -7.69. The van der Waals surface area contributed by atoms with E-state index in [-0.39, 0.29) is 15.5 Å². The van der Waals surface area contributed by atoms with Crippen molar-refractivity contribution < 1.29 is 21.6 Å². The minimum absolute atomic E-state index is 0.0365. The highest BCUT2D eigenvalue weighted by Gasteiger charge is 2.29. The van der Waals surface area contributed by atoms with Crippen molar-refractivity contribution in [2.45, 2.75) is 36.0 Å². The molecule has 0 bridgehead atoms. The summed E-state index contributed by atoms with van der Waals surface area (Å²) in [6, 6.07) is 18.6. The fourth-order valence-electron chi connectivity index (χ4n) is 4.18. The van der Waals surface area contributed by atoms with Crippen molar-refractivity contribution in [1.29, 1.82) is 0 Å². The van der Waals surface area contributed by atoms with Gasteiger partial charge in [0.2, 0.25) is 15.9 Å². The molecule has 1 amide bonds. The predicted molar refractivity (Wildman–Crippen MR) is 145 cm³/mol. The Morgan fingerprint density at radius 3 is 2.16 bits per heavy atom. The van der Waals surface area contributed by atoms with E-state index in [1.165, 1.54) is 40.7 Å². The van der Waals surface area contributed by atoms with E-state index < -0.39 is 32.5 Å². The lowest BCUT2D eigenvalue weighted by molar-refractivity contribution is -0.114. The van der Waals surface area contributed by atoms with Gasteiger partial charge in [-0.15, -0.1) is 0 Å². The number of hydrogen-bond donors (Lipinski definition) is 1. The zero-order valence-corrected chi connectivity index (χ0v) is 22.7. The lowest BCUT2D eigenvalue weighted by atomic mass is 10.2. The number of hydrogen-bond acceptors (Lipinski definition) is 5. The van der Waals surface area contributed by atoms with Crippen LogP contribution in [0.5, 0.6) is 0 Å². The SMILES string of the molecule is Cc1c(Cl)cccc1N(CC(=O)Nc1ccc(S(=O)(=O)N2CCCCC2)cc1)S(=O)(=O)c1ccccc1. The van der Waals surface area contributed by atoms with E-state index in [0.717, 1.165) is 23.6 Å². The molecule has 0 spiro atoms. The molecule has 0 radical (unpaired) electrons. The number of halogens is 1. The molecule has 37 heavy (non-hydrogen) atoms. The van der Waals surface area contributed by atoms with Crippen LogP contribution in [-0.4, -0.2) is 46.7 Å². The summed E-state index contributed by atoms with van der Waals surface area (Å²) in [5, 5.41) is 3.04. The number of piperidine rings is 1. The van der Waals surface area contributed by atoms with Crippen LogP contribution in [0, 0.1) is 6.92 Å². The van der Waals surface area contributed by atoms with Crippen LogP contribution in [0.3, 0.4) is 0 Å². The van der Waals surface area contributed by atoms with Gasteiger partial charge < -0.3 is 5.32 Å². The highest BCUT2D eigenvalue weighted by Crippen LogP contribution is 2.31. The molecule has 0 aromatic heterocycles. The summed E-state index contributed by atoms with van der Waals surface area (Å²) in [5.74, 6) is -0.592. The Morgan fingerprint density at radius 1 is 0.865 bits per heavy atom. The van der Waals surface area contributed by atoms with Crippen molar-refractivity contribution in [3.8, 4) is 0 Å². The lowest BCUT2D eigenvalue weighted by Gasteiger charge is -2.26. The molecule has 8 nitrogen and oxygen atoms in total. The minimum Gasteiger partial charge on any atom is -0.325 e. The molecule has 11 heteroatoms. The van der Waals surface area contributed by atoms with E-state index in [4.69, 9.17) is 11.6 Å². The largest absolute Gasteiger partial charge is 0.325 e. The van der Waals surface area contributed by atoms with E-state index in [0.29, 0.717) is 29.4 Å². The second-order valence-electron chi connectivity index (χ2n) is 8.75. The minimum atomic E-state index is -4.09. The number of benzene rings is 3. The van der Waals surface area contributed by atoms with E-state index in [1.54, 1.807) is 43.3 Å². The highest BCUT2D eigenvalue weighted by molar-refractivity contribution is 7.92. The van der Waals surface area contributed by atoms with Crippen LogP contribution in [0.4, 0.5) is 11.4 Å². The van der Waals surface area contributed by atoms with E-state index in [9.17, 15) is 21.6 Å². The zero-order valence-electron chi connectivity index (χ0n) is 20.3. The first-order chi connectivity index (χ1) is 17.6. The average Bonchev–Trinajstić information content (AvgIpc) is 2.90. The van der Waals surface area contributed by atoms with E-state index >= 15 is 0 Å². The van der Waals surface area contributed by atoms with Gasteiger partial charge in [-0.05, 0) is 73.9 Å². The number of amides is 1. The maximum absolute atomic E-state index is 13.5. The molecule has 0 atom stereocenters. The summed E-state index contributed by atoms with van der Waals surface area (Å²) >= 11 is 6.25. The molecule has 4 rings (SSSR count). The Morgan fingerprint density at radius 2 is 1.51 bits per heavy atom. The standard InChI is InChI=1S/C26H28ClN3O5S2/c1-20-24(27)11-8-12-25(20)30(37(34,35)22-9-4-2-5-10-22)19-26(31)28-21-13-15-23(16-14-21)36(32,33)29-17-6-3-7-18-29/h2,4-5,8-16H,3,6-7,17-19H2,1H3,(H,28,31). The van der Waals surface area contributed by atoms with Gasteiger partial charge in [-0.3, -0.25) is 9.10 Å². The van der Waals surface area contributed by atoms with Gasteiger partial charge in [-0.2, -0.15) is 4.31 Å². The van der Waals surface area contributed by atoms with Gasteiger partial charge in [0.25, 0.3) is 10.0 Å². The van der Waals surface area contributed by atoms with Gasteiger partial charge in [-0.25, -0.2) is 16.8 Å². The number of carbonyl (C=O) groups is 1. The van der Waals surface area contributed by atoms with Crippen LogP contribution < -0.4 is 9.62 Å². The molecular weight excluding hydrogens is 534 g/mol. The van der Waals surface area contributed by atoms with Crippen LogP contribution >= 0.6 is 11.6 Å². The molecular formula is C26H28ClN3O5S2. The first-order valence-corrected chi connectivity index (χ1v) is 15.1. The number of sulfonamides is 2. The molecule has 0 aliphatic carbocycles. The Labute approximate surface area is 223 Å². The van der Waals surface area contributed by atoms with Gasteiger partial charge in [-0.1, -0.05) is 42.3 Å². The maximum atomic E-state index is 13.5. The second kappa shape index (κ2) is 11.2. The Hall–Kier alpha value is -2.92. The fourth-order valence-corrected chi connectivity index (χ4v) is 7.37. The first kappa shape index (κ1) is 27.1. The number of anilines is 2. The molecule has 1 heterocycles. The lowest BCUT2D eigenvalue weighted by Crippen LogP contribution is -2.38. The summed E-state index contributed by atoms with van der Waals surface area (Å²) in [4.78, 5) is 13.2. The Kier molecular flexibility index (Phi) is 8.23. The van der Waals surface area contributed by atoms with Gasteiger partial charge in [0.05, 0.1) is 15.5 Å². The molecule has 1 aliphatic rings. The third kappa shape index (κ3) is 5.98. The summed E-state index contributed by atoms with van der Waals surface area (Å²) in [6.45, 7) is 2.17. The Balaban J connectivity index is 1.56. The van der Waals surface area contributed by atoms with Crippen LogP contribution in [0.2, 0.25) is 5.02 Å². The van der Waals surface area contributed by atoms with E-state index in [2.05, 4.69) is 5.32 Å². The molecule has 3 aromatic rings. The zero-order chi connectivity index (χ0) is 26.6. The van der Waals surface area contributed by atoms with Gasteiger partial charge in [0.15, 0.2) is 0 Å². The van der Waals surface area contributed by atoms with Crippen LogP contribution in [0.15, 0.2) is 82.6 Å². The number of nitrogens with zero attached hydrogens (tertiary/aromatic N) is 2. The molecule has 3 aromatic carbocycles. The molecule has 0 saturated carbocycles. The van der Waals surface area contributed by atoms with Crippen LogP contribution in [0.1, 0.15) is 24.8 Å². The van der Waals surface area contributed by atoms with E-state index in [1.807, 2.05) is 0 Å². The molecule has 0 unspecified atom stereocenters. The topological polar surface area (TPSA) is 104 Å². The summed E-state index contributed by atoms with van der Waals surface area (Å²) < 4.78 is 55.3. The van der Waals surface area contributed by atoms with Crippen molar-refractivity contribution in [3.63, 3.8) is 0 Å². The van der Waals surface area contributed by atoms with Gasteiger partial charge in [0, 0.05) is 23.8 Å². The second-order valence-corrected chi connectivity index (χ2v) is 13.0. The monoisotopic (exact) mass is 561 g/mol. The maximum Gasteiger partial charge on any atom is 0.264 e. The summed E-state index contributed by atoms with van der Waals surface area (Å²) in [5.41, 5.74) is 1.15. The normalized spacial score (nSPS) is 14.8. The molecule has 1 N–H and O–H groups in total. The number of rotatable bonds is 8. The average molecular weight is 562 g/mol. The smallest absolute Gasteiger partial charge is 0.264 e. The van der Waals surface area contributed by atoms with Crippen molar-refractivity contribution >= 4 is 48.9 Å². The van der Waals surface area contributed by atoms with Crippen LogP contribution in [-0.2, 0) is 24.8 Å². The van der Waals surface area contributed by atoms with Crippen molar-refractivity contribution in [2.24, 2.45) is 0 Å². The van der Waals surface area contributed by atoms with Gasteiger partial charge in [0.1, 0.15) is 6.54 Å². The first-order valence-electron chi connectivity index (χ1n) is 11.8.